The lowest BCUT2D eigenvalue weighted by Gasteiger charge is -2.25. The molecule has 1 rings (SSSR count). The maximum Gasteiger partial charge on any atom is 0.408 e. The van der Waals surface area contributed by atoms with Gasteiger partial charge in [0.05, 0.1) is 0 Å². The molecular formula is C14H19NO4. The van der Waals surface area contributed by atoms with Crippen molar-refractivity contribution >= 4 is 12.1 Å². The van der Waals surface area contributed by atoms with Crippen molar-refractivity contribution in [1.82, 2.24) is 5.32 Å². The SMILES string of the molecule is CCC[C@](C)(NC(=O)OCc1ccccc1)C(=O)O. The Bertz CT molecular complexity index is 432. The van der Waals surface area contributed by atoms with Crippen molar-refractivity contribution in [2.24, 2.45) is 0 Å². The van der Waals surface area contributed by atoms with Crippen LogP contribution in [0.25, 0.3) is 0 Å². The topological polar surface area (TPSA) is 75.6 Å². The number of nitrogens with one attached hydrogen (secondary N) is 1. The Morgan fingerprint density at radius 3 is 2.47 bits per heavy atom. The van der Waals surface area contributed by atoms with E-state index in [0.717, 1.165) is 5.56 Å². The lowest BCUT2D eigenvalue weighted by Crippen LogP contribution is -2.52. The minimum Gasteiger partial charge on any atom is -0.480 e. The molecule has 0 aliphatic carbocycles. The average molecular weight is 265 g/mol. The van der Waals surface area contributed by atoms with Crippen LogP contribution in [0.1, 0.15) is 32.3 Å². The summed E-state index contributed by atoms with van der Waals surface area (Å²) in [5.41, 5.74) is -0.437. The van der Waals surface area contributed by atoms with E-state index >= 15 is 0 Å². The summed E-state index contributed by atoms with van der Waals surface area (Å²) in [7, 11) is 0. The summed E-state index contributed by atoms with van der Waals surface area (Å²) in [5, 5.41) is 11.5. The highest BCUT2D eigenvalue weighted by molar-refractivity contribution is 5.83. The first-order valence-corrected chi connectivity index (χ1v) is 6.20. The van der Waals surface area contributed by atoms with Crippen LogP contribution >= 0.6 is 0 Å². The van der Waals surface area contributed by atoms with Crippen LogP contribution < -0.4 is 5.32 Å². The summed E-state index contributed by atoms with van der Waals surface area (Å²) in [4.78, 5) is 22.8. The number of hydrogen-bond donors (Lipinski definition) is 2. The number of amides is 1. The zero-order valence-corrected chi connectivity index (χ0v) is 11.2. The summed E-state index contributed by atoms with van der Waals surface area (Å²) in [6.07, 6.45) is 0.284. The number of ether oxygens (including phenoxy) is 1. The number of alkyl carbamates (subject to hydrolysis) is 1. The number of carboxylic acids is 1. The molecule has 0 radical (unpaired) electrons. The predicted octanol–water partition coefficient (Wildman–Crippen LogP) is 2.56. The Balaban J connectivity index is 2.52. The Kier molecular flexibility index (Phi) is 5.36. The summed E-state index contributed by atoms with van der Waals surface area (Å²) in [6.45, 7) is 3.45. The summed E-state index contributed by atoms with van der Waals surface area (Å²) in [5.74, 6) is -1.06. The third kappa shape index (κ3) is 4.62. The van der Waals surface area contributed by atoms with E-state index in [1.165, 1.54) is 6.92 Å². The summed E-state index contributed by atoms with van der Waals surface area (Å²) < 4.78 is 5.01. The van der Waals surface area contributed by atoms with Crippen LogP contribution in [0, 0.1) is 0 Å². The van der Waals surface area contributed by atoms with Gasteiger partial charge in [0.15, 0.2) is 0 Å². The van der Waals surface area contributed by atoms with Crippen molar-refractivity contribution < 1.29 is 19.4 Å². The molecule has 104 valence electrons. The Morgan fingerprint density at radius 2 is 1.95 bits per heavy atom. The predicted molar refractivity (Wildman–Crippen MR) is 70.7 cm³/mol. The van der Waals surface area contributed by atoms with Gasteiger partial charge in [-0.15, -0.1) is 0 Å². The lowest BCUT2D eigenvalue weighted by molar-refractivity contribution is -0.144. The van der Waals surface area contributed by atoms with Gasteiger partial charge in [0.1, 0.15) is 12.1 Å². The van der Waals surface area contributed by atoms with Crippen LogP contribution in [0.4, 0.5) is 4.79 Å². The summed E-state index contributed by atoms with van der Waals surface area (Å²) in [6, 6.07) is 9.21. The second kappa shape index (κ2) is 6.78. The number of carboxylic acid groups (broad SMARTS) is 1. The van der Waals surface area contributed by atoms with E-state index in [0.29, 0.717) is 12.8 Å². The van der Waals surface area contributed by atoms with E-state index in [-0.39, 0.29) is 6.61 Å². The van der Waals surface area contributed by atoms with Gasteiger partial charge in [-0.3, -0.25) is 0 Å². The molecule has 5 nitrogen and oxygen atoms in total. The highest BCUT2D eigenvalue weighted by Gasteiger charge is 2.34. The van der Waals surface area contributed by atoms with Crippen molar-refractivity contribution in [2.75, 3.05) is 0 Å². The van der Waals surface area contributed by atoms with Crippen molar-refractivity contribution in [3.8, 4) is 0 Å². The van der Waals surface area contributed by atoms with E-state index in [1.807, 2.05) is 37.3 Å². The van der Waals surface area contributed by atoms with Gasteiger partial charge >= 0.3 is 12.1 Å². The molecule has 1 amide bonds. The second-order valence-corrected chi connectivity index (χ2v) is 4.57. The number of aliphatic carboxylic acids is 1. The molecule has 0 spiro atoms. The lowest BCUT2D eigenvalue weighted by atomic mass is 9.97. The van der Waals surface area contributed by atoms with E-state index in [9.17, 15) is 9.59 Å². The van der Waals surface area contributed by atoms with Crippen LogP contribution in [-0.2, 0) is 16.1 Å². The highest BCUT2D eigenvalue weighted by Crippen LogP contribution is 2.13. The molecule has 2 N–H and O–H groups in total. The molecule has 0 aliphatic rings. The fourth-order valence-electron chi connectivity index (χ4n) is 1.71. The molecule has 0 aliphatic heterocycles. The van der Waals surface area contributed by atoms with E-state index in [2.05, 4.69) is 5.32 Å². The Labute approximate surface area is 112 Å². The summed E-state index contributed by atoms with van der Waals surface area (Å²) >= 11 is 0. The quantitative estimate of drug-likeness (QED) is 0.828. The molecule has 0 saturated heterocycles. The van der Waals surface area contributed by atoms with Gasteiger partial charge < -0.3 is 15.2 Å². The molecule has 1 atom stereocenters. The molecule has 0 heterocycles. The molecule has 19 heavy (non-hydrogen) atoms. The zero-order chi connectivity index (χ0) is 14.3. The average Bonchev–Trinajstić information content (AvgIpc) is 2.37. The van der Waals surface area contributed by atoms with Gasteiger partial charge in [0.2, 0.25) is 0 Å². The number of rotatable bonds is 6. The molecule has 0 unspecified atom stereocenters. The molecule has 0 saturated carbocycles. The maximum absolute atomic E-state index is 11.6. The Morgan fingerprint density at radius 1 is 1.32 bits per heavy atom. The normalized spacial score (nSPS) is 13.4. The third-order valence-corrected chi connectivity index (χ3v) is 2.81. The molecule has 1 aromatic carbocycles. The van der Waals surface area contributed by atoms with Gasteiger partial charge in [-0.25, -0.2) is 9.59 Å². The van der Waals surface area contributed by atoms with Gasteiger partial charge in [0.25, 0.3) is 0 Å². The monoisotopic (exact) mass is 265 g/mol. The third-order valence-electron chi connectivity index (χ3n) is 2.81. The zero-order valence-electron chi connectivity index (χ0n) is 11.2. The van der Waals surface area contributed by atoms with Gasteiger partial charge in [-0.1, -0.05) is 43.7 Å². The molecule has 0 aromatic heterocycles. The first-order chi connectivity index (χ1) is 8.98. The Hall–Kier alpha value is -2.04. The van der Waals surface area contributed by atoms with Crippen LogP contribution in [0.2, 0.25) is 0 Å². The molecular weight excluding hydrogens is 246 g/mol. The first-order valence-electron chi connectivity index (χ1n) is 6.20. The van der Waals surface area contributed by atoms with Crippen molar-refractivity contribution in [3.05, 3.63) is 35.9 Å². The van der Waals surface area contributed by atoms with Crippen LogP contribution in [0.5, 0.6) is 0 Å². The number of benzene rings is 1. The van der Waals surface area contributed by atoms with E-state index in [1.54, 1.807) is 0 Å². The number of carbonyl (C=O) groups is 2. The van der Waals surface area contributed by atoms with Crippen molar-refractivity contribution in [1.29, 1.82) is 0 Å². The smallest absolute Gasteiger partial charge is 0.408 e. The van der Waals surface area contributed by atoms with Crippen LogP contribution in [0.15, 0.2) is 30.3 Å². The number of carbonyl (C=O) groups excluding carboxylic acids is 1. The van der Waals surface area contributed by atoms with Crippen molar-refractivity contribution in [3.63, 3.8) is 0 Å². The van der Waals surface area contributed by atoms with Gasteiger partial charge in [-0.2, -0.15) is 0 Å². The fraction of sp³-hybridized carbons (Fsp3) is 0.429. The fourth-order valence-corrected chi connectivity index (χ4v) is 1.71. The molecule has 5 heteroatoms. The minimum absolute atomic E-state index is 0.120. The van der Waals surface area contributed by atoms with Crippen molar-refractivity contribution in [2.45, 2.75) is 38.8 Å². The second-order valence-electron chi connectivity index (χ2n) is 4.57. The highest BCUT2D eigenvalue weighted by atomic mass is 16.5. The van der Waals surface area contributed by atoms with Gasteiger partial charge in [-0.05, 0) is 18.9 Å². The van der Waals surface area contributed by atoms with Crippen LogP contribution in [-0.4, -0.2) is 22.7 Å². The molecule has 0 bridgehead atoms. The number of hydrogen-bond acceptors (Lipinski definition) is 3. The molecule has 1 aromatic rings. The van der Waals surface area contributed by atoms with Gasteiger partial charge in [0, 0.05) is 0 Å². The van der Waals surface area contributed by atoms with E-state index in [4.69, 9.17) is 9.84 Å². The molecule has 0 fully saturated rings. The van der Waals surface area contributed by atoms with Crippen LogP contribution in [0.3, 0.4) is 0 Å². The first kappa shape index (κ1) is 15.0. The maximum atomic E-state index is 11.6. The minimum atomic E-state index is -1.29. The van der Waals surface area contributed by atoms with E-state index < -0.39 is 17.6 Å². The largest absolute Gasteiger partial charge is 0.480 e. The standard InChI is InChI=1S/C14H19NO4/c1-3-9-14(2,12(16)17)15-13(18)19-10-11-7-5-4-6-8-11/h4-8H,3,9-10H2,1-2H3,(H,15,18)(H,16,17)/t14-/m0/s1.